The summed E-state index contributed by atoms with van der Waals surface area (Å²) in [7, 11) is 0. The summed E-state index contributed by atoms with van der Waals surface area (Å²) in [6.07, 6.45) is 5.19. The first kappa shape index (κ1) is 7.28. The summed E-state index contributed by atoms with van der Waals surface area (Å²) in [5, 5.41) is 0. The van der Waals surface area contributed by atoms with Crippen molar-refractivity contribution in [3.8, 4) is 0 Å². The van der Waals surface area contributed by atoms with Gasteiger partial charge in [-0.2, -0.15) is 0 Å². The van der Waals surface area contributed by atoms with Crippen LogP contribution in [-0.2, 0) is 4.74 Å². The molecule has 0 radical (unpaired) electrons. The third-order valence-corrected chi connectivity index (χ3v) is 4.25. The summed E-state index contributed by atoms with van der Waals surface area (Å²) < 4.78 is 7.57. The Balaban J connectivity index is 2.37. The first-order valence-electron chi connectivity index (χ1n) is 3.29. The zero-order chi connectivity index (χ0) is 7.14. The van der Waals surface area contributed by atoms with E-state index in [0.29, 0.717) is 56.0 Å². The molecular weight excluding hydrogens is 200 g/mol. The molecular formula is C7H6NORb. The van der Waals surface area contributed by atoms with Crippen molar-refractivity contribution in [2.45, 2.75) is 6.42 Å². The van der Waals surface area contributed by atoms with E-state index < -0.39 is 0 Å². The Labute approximate surface area is 100.0 Å². The maximum atomic E-state index is 5.40. The van der Waals surface area contributed by atoms with E-state index in [2.05, 4.69) is 17.4 Å². The third-order valence-electron chi connectivity index (χ3n) is 1.84. The molecule has 1 aliphatic carbocycles. The van der Waals surface area contributed by atoms with Crippen LogP contribution in [0, 0.1) is 0 Å². The first-order valence-corrected chi connectivity index (χ1v) is 5.49. The van der Waals surface area contributed by atoms with Crippen LogP contribution in [0.4, 0.5) is 0 Å². The number of rotatable bonds is 0. The van der Waals surface area contributed by atoms with Crippen LogP contribution in [-0.4, -0.2) is 54.7 Å². The van der Waals surface area contributed by atoms with E-state index in [1.165, 1.54) is 5.70 Å². The van der Waals surface area contributed by atoms with Crippen LogP contribution in [0.25, 0.3) is 0 Å². The van der Waals surface area contributed by atoms with Gasteiger partial charge in [0.15, 0.2) is 0 Å². The molecule has 1 heterocycles. The summed E-state index contributed by atoms with van der Waals surface area (Å²) >= 11 is 0.445. The minimum absolute atomic E-state index is 0.445. The summed E-state index contributed by atoms with van der Waals surface area (Å²) in [6.45, 7) is 3.80. The van der Waals surface area contributed by atoms with E-state index in [4.69, 9.17) is 4.74 Å². The van der Waals surface area contributed by atoms with Crippen molar-refractivity contribution < 1.29 is 4.74 Å². The van der Waals surface area contributed by atoms with Gasteiger partial charge in [0.05, 0.1) is 0 Å². The van der Waals surface area contributed by atoms with E-state index >= 15 is 0 Å². The quantitative estimate of drug-likeness (QED) is 0.586. The van der Waals surface area contributed by atoms with Gasteiger partial charge in [0.1, 0.15) is 0 Å². The fourth-order valence-electron chi connectivity index (χ4n) is 1.21. The molecule has 0 aromatic carbocycles. The van der Waals surface area contributed by atoms with E-state index in [1.54, 1.807) is 0 Å². The van der Waals surface area contributed by atoms with Gasteiger partial charge >= 0.3 is 102 Å². The van der Waals surface area contributed by atoms with Gasteiger partial charge in [0.2, 0.25) is 0 Å². The molecule has 0 N–H and O–H groups in total. The maximum absolute atomic E-state index is 5.40. The molecule has 0 unspecified atom stereocenters. The van der Waals surface area contributed by atoms with Crippen molar-refractivity contribution in [3.63, 3.8) is 0 Å². The topological polar surface area (TPSA) is 12.5 Å². The normalized spacial score (nSPS) is 22.2. The van der Waals surface area contributed by atoms with Gasteiger partial charge in [-0.15, -0.1) is 0 Å². The second-order valence-electron chi connectivity index (χ2n) is 2.47. The molecule has 0 aromatic heterocycles. The molecule has 2 nitrogen and oxygen atoms in total. The molecule has 0 spiro atoms. The first-order chi connectivity index (χ1) is 4.79. The summed E-state index contributed by atoms with van der Waals surface area (Å²) in [6, 6.07) is 0. The van der Waals surface area contributed by atoms with Crippen LogP contribution in [0.1, 0.15) is 6.42 Å². The van der Waals surface area contributed by atoms with E-state index in [-0.39, 0.29) is 0 Å². The van der Waals surface area contributed by atoms with Gasteiger partial charge in [-0.05, 0) is 0 Å². The summed E-state index contributed by atoms with van der Waals surface area (Å²) in [4.78, 5) is 0. The fraction of sp³-hybridized carbons (Fsp3) is 0.143. The number of hydrogen-bond acceptors (Lipinski definition) is 2. The van der Waals surface area contributed by atoms with Crippen LogP contribution in [0.15, 0.2) is 36.1 Å². The molecule has 0 saturated heterocycles. The number of allylic oxidation sites excluding steroid dienone is 2. The number of hydrogen-bond donors (Lipinski definition) is 0. The molecule has 0 fully saturated rings. The predicted octanol–water partition coefficient (Wildman–Crippen LogP) is 1.04. The van der Waals surface area contributed by atoms with Gasteiger partial charge < -0.3 is 0 Å². The summed E-state index contributed by atoms with van der Waals surface area (Å²) in [5.41, 5.74) is 1.25. The SMILES string of the molecule is C=C1OC2=C(C=CC2)[N]1[Rb]. The average molecular weight is 206 g/mol. The molecule has 0 bridgehead atoms. The average Bonchev–Trinajstić information content (AvgIpc) is 2.41. The predicted molar refractivity (Wildman–Crippen MR) is 38.6 cm³/mol. The van der Waals surface area contributed by atoms with Gasteiger partial charge in [-0.1, -0.05) is 0 Å². The Morgan fingerprint density at radius 2 is 2.50 bits per heavy atom. The Morgan fingerprint density at radius 3 is 3.20 bits per heavy atom. The van der Waals surface area contributed by atoms with Crippen LogP contribution in [0.3, 0.4) is 0 Å². The molecule has 0 saturated carbocycles. The summed E-state index contributed by atoms with van der Waals surface area (Å²) in [5.74, 6) is 1.91. The van der Waals surface area contributed by atoms with Gasteiger partial charge in [0, 0.05) is 0 Å². The molecule has 2 rings (SSSR count). The van der Waals surface area contributed by atoms with Gasteiger partial charge in [-0.25, -0.2) is 0 Å². The van der Waals surface area contributed by atoms with E-state index in [0.717, 1.165) is 18.1 Å². The second-order valence-corrected chi connectivity index (χ2v) is 4.67. The van der Waals surface area contributed by atoms with Crippen molar-refractivity contribution in [1.82, 2.24) is -1.36 Å². The Hall–Kier alpha value is 0.625. The number of nitrogens with zero attached hydrogens (tertiary/aromatic N) is 1. The van der Waals surface area contributed by atoms with Gasteiger partial charge in [-0.3, -0.25) is 0 Å². The third kappa shape index (κ3) is 0.980. The van der Waals surface area contributed by atoms with Crippen LogP contribution < -0.4 is 0 Å². The van der Waals surface area contributed by atoms with Crippen molar-refractivity contribution in [3.05, 3.63) is 36.1 Å². The fourth-order valence-corrected chi connectivity index (χ4v) is 2.42. The molecule has 0 amide bonds. The van der Waals surface area contributed by atoms with Crippen molar-refractivity contribution in [2.75, 3.05) is 0 Å². The zero-order valence-electron chi connectivity index (χ0n) is 5.92. The Morgan fingerprint density at radius 1 is 1.70 bits per heavy atom. The Bertz CT molecular complexity index is 254. The zero-order valence-corrected chi connectivity index (χ0v) is 10.8. The van der Waals surface area contributed by atoms with Crippen LogP contribution in [0.2, 0.25) is 0 Å². The molecule has 2 aliphatic rings. The van der Waals surface area contributed by atoms with Gasteiger partial charge in [0.25, 0.3) is 0 Å². The standard InChI is InChI=1S/C7H6NO.Rb/c1-5-8-6-3-2-4-7(6)9-5;/h2-3H,1,4H2;/q-1;+1. The Kier molecular flexibility index (Phi) is 1.89. The second kappa shape index (κ2) is 2.59. The molecule has 46 valence electrons. The van der Waals surface area contributed by atoms with Crippen LogP contribution in [0.5, 0.6) is 0 Å². The van der Waals surface area contributed by atoms with Crippen molar-refractivity contribution in [2.24, 2.45) is 0 Å². The minimum atomic E-state index is 0.445. The van der Waals surface area contributed by atoms with E-state index in [1.807, 2.05) is 0 Å². The van der Waals surface area contributed by atoms with Crippen molar-refractivity contribution in [1.29, 1.82) is 0 Å². The molecule has 0 aromatic rings. The van der Waals surface area contributed by atoms with Crippen molar-refractivity contribution >= 4 is 56.0 Å². The molecule has 0 atom stereocenters. The monoisotopic (exact) mass is 205 g/mol. The molecule has 10 heavy (non-hydrogen) atoms. The van der Waals surface area contributed by atoms with Crippen LogP contribution >= 0.6 is 0 Å². The van der Waals surface area contributed by atoms with E-state index in [9.17, 15) is 0 Å². The molecule has 1 aliphatic heterocycles. The molecule has 3 heteroatoms. The number of ether oxygens (including phenoxy) is 1.